The normalized spacial score (nSPS) is 10.5. The van der Waals surface area contributed by atoms with Crippen LogP contribution in [-0.2, 0) is 9.59 Å². The van der Waals surface area contributed by atoms with Gasteiger partial charge in [0.1, 0.15) is 5.75 Å². The SMILES string of the molecule is CCOc1ccc(/C=N/NC(=O)C(=O)Nc2ccc(Cl)c(Cl)c2)cc1. The van der Waals surface area contributed by atoms with Crippen molar-refractivity contribution in [1.82, 2.24) is 5.43 Å². The van der Waals surface area contributed by atoms with Crippen LogP contribution < -0.4 is 15.5 Å². The molecule has 0 saturated carbocycles. The number of rotatable bonds is 5. The van der Waals surface area contributed by atoms with Gasteiger partial charge in [0.05, 0.1) is 22.9 Å². The number of ether oxygens (including phenoxy) is 1. The molecule has 0 saturated heterocycles. The van der Waals surface area contributed by atoms with Crippen LogP contribution in [0.4, 0.5) is 5.69 Å². The number of hydrogen-bond acceptors (Lipinski definition) is 4. The predicted molar refractivity (Wildman–Crippen MR) is 98.4 cm³/mol. The molecule has 0 aliphatic heterocycles. The van der Waals surface area contributed by atoms with Crippen molar-refractivity contribution in [3.8, 4) is 5.75 Å². The Bertz CT molecular complexity index is 792. The van der Waals surface area contributed by atoms with E-state index in [9.17, 15) is 9.59 Å². The molecule has 0 bridgehead atoms. The van der Waals surface area contributed by atoms with Crippen LogP contribution in [-0.4, -0.2) is 24.6 Å². The summed E-state index contributed by atoms with van der Waals surface area (Å²) in [6.45, 7) is 2.48. The molecule has 0 spiro atoms. The zero-order valence-corrected chi connectivity index (χ0v) is 14.8. The number of benzene rings is 2. The monoisotopic (exact) mass is 379 g/mol. The van der Waals surface area contributed by atoms with Crippen molar-refractivity contribution in [2.45, 2.75) is 6.92 Å². The highest BCUT2D eigenvalue weighted by atomic mass is 35.5. The highest BCUT2D eigenvalue weighted by molar-refractivity contribution is 6.42. The van der Waals surface area contributed by atoms with Crippen molar-refractivity contribution >= 4 is 46.9 Å². The minimum Gasteiger partial charge on any atom is -0.494 e. The molecule has 2 N–H and O–H groups in total. The number of carbonyl (C=O) groups is 2. The summed E-state index contributed by atoms with van der Waals surface area (Å²) in [4.78, 5) is 23.5. The smallest absolute Gasteiger partial charge is 0.329 e. The van der Waals surface area contributed by atoms with Gasteiger partial charge in [-0.25, -0.2) is 5.43 Å². The maximum atomic E-state index is 11.8. The van der Waals surface area contributed by atoms with Crippen molar-refractivity contribution < 1.29 is 14.3 Å². The van der Waals surface area contributed by atoms with Gasteiger partial charge >= 0.3 is 11.8 Å². The molecule has 2 rings (SSSR count). The number of amides is 2. The van der Waals surface area contributed by atoms with E-state index in [0.29, 0.717) is 17.3 Å². The van der Waals surface area contributed by atoms with E-state index >= 15 is 0 Å². The number of nitrogens with zero attached hydrogens (tertiary/aromatic N) is 1. The Labute approximate surface area is 154 Å². The molecular weight excluding hydrogens is 365 g/mol. The fourth-order valence-electron chi connectivity index (χ4n) is 1.79. The molecule has 2 aromatic rings. The zero-order valence-electron chi connectivity index (χ0n) is 13.3. The van der Waals surface area contributed by atoms with Crippen LogP contribution in [0.2, 0.25) is 10.0 Å². The van der Waals surface area contributed by atoms with Crippen LogP contribution in [0, 0.1) is 0 Å². The van der Waals surface area contributed by atoms with Crippen LogP contribution >= 0.6 is 23.2 Å². The van der Waals surface area contributed by atoms with Gasteiger partial charge in [0.25, 0.3) is 0 Å². The Morgan fingerprint density at radius 2 is 1.80 bits per heavy atom. The lowest BCUT2D eigenvalue weighted by Gasteiger charge is -2.05. The van der Waals surface area contributed by atoms with Crippen LogP contribution in [0.1, 0.15) is 12.5 Å². The van der Waals surface area contributed by atoms with Gasteiger partial charge < -0.3 is 10.1 Å². The number of carbonyl (C=O) groups excluding carboxylic acids is 2. The Hall–Kier alpha value is -2.57. The molecule has 0 aliphatic rings. The van der Waals surface area contributed by atoms with Gasteiger partial charge in [-0.1, -0.05) is 23.2 Å². The van der Waals surface area contributed by atoms with E-state index < -0.39 is 11.8 Å². The topological polar surface area (TPSA) is 79.8 Å². The van der Waals surface area contributed by atoms with E-state index in [1.54, 1.807) is 24.3 Å². The molecule has 0 fully saturated rings. The van der Waals surface area contributed by atoms with Crippen molar-refractivity contribution in [2.24, 2.45) is 5.10 Å². The van der Waals surface area contributed by atoms with E-state index in [4.69, 9.17) is 27.9 Å². The highest BCUT2D eigenvalue weighted by Crippen LogP contribution is 2.24. The summed E-state index contributed by atoms with van der Waals surface area (Å²) in [5.41, 5.74) is 3.24. The zero-order chi connectivity index (χ0) is 18.2. The summed E-state index contributed by atoms with van der Waals surface area (Å²) in [5, 5.41) is 6.76. The Kier molecular flexibility index (Phi) is 6.80. The molecule has 130 valence electrons. The third-order valence-corrected chi connectivity index (χ3v) is 3.69. The minimum atomic E-state index is -0.909. The molecular formula is C17H15Cl2N3O3. The number of hydrogen-bond donors (Lipinski definition) is 2. The lowest BCUT2D eigenvalue weighted by atomic mass is 10.2. The largest absolute Gasteiger partial charge is 0.494 e. The summed E-state index contributed by atoms with van der Waals surface area (Å²) in [6.07, 6.45) is 1.42. The van der Waals surface area contributed by atoms with E-state index in [1.165, 1.54) is 24.4 Å². The molecule has 2 aromatic carbocycles. The molecule has 0 aliphatic carbocycles. The average Bonchev–Trinajstić information content (AvgIpc) is 2.60. The van der Waals surface area contributed by atoms with Crippen molar-refractivity contribution in [3.05, 3.63) is 58.1 Å². The molecule has 0 aromatic heterocycles. The first-order chi connectivity index (χ1) is 12.0. The van der Waals surface area contributed by atoms with Gasteiger partial charge in [-0.05, 0) is 55.0 Å². The second-order valence-electron chi connectivity index (χ2n) is 4.78. The van der Waals surface area contributed by atoms with E-state index in [-0.39, 0.29) is 5.02 Å². The Morgan fingerprint density at radius 3 is 2.44 bits per heavy atom. The second kappa shape index (κ2) is 9.05. The van der Waals surface area contributed by atoms with Crippen molar-refractivity contribution in [2.75, 3.05) is 11.9 Å². The first-order valence-electron chi connectivity index (χ1n) is 7.32. The van der Waals surface area contributed by atoms with Crippen molar-refractivity contribution in [3.63, 3.8) is 0 Å². The average molecular weight is 380 g/mol. The molecule has 0 heterocycles. The summed E-state index contributed by atoms with van der Waals surface area (Å²) >= 11 is 11.6. The Morgan fingerprint density at radius 1 is 1.08 bits per heavy atom. The first-order valence-corrected chi connectivity index (χ1v) is 8.07. The molecule has 0 unspecified atom stereocenters. The minimum absolute atomic E-state index is 0.272. The fourth-order valence-corrected chi connectivity index (χ4v) is 2.09. The van der Waals surface area contributed by atoms with Gasteiger partial charge in [0, 0.05) is 5.69 Å². The molecule has 6 nitrogen and oxygen atoms in total. The van der Waals surface area contributed by atoms with E-state index in [1.807, 2.05) is 6.92 Å². The summed E-state index contributed by atoms with van der Waals surface area (Å²) in [7, 11) is 0. The highest BCUT2D eigenvalue weighted by Gasteiger charge is 2.13. The molecule has 8 heteroatoms. The lowest BCUT2D eigenvalue weighted by Crippen LogP contribution is -2.32. The van der Waals surface area contributed by atoms with Crippen LogP contribution in [0.25, 0.3) is 0 Å². The Balaban J connectivity index is 1.88. The van der Waals surface area contributed by atoms with Gasteiger partial charge in [-0.2, -0.15) is 5.10 Å². The van der Waals surface area contributed by atoms with Gasteiger partial charge in [0.15, 0.2) is 0 Å². The van der Waals surface area contributed by atoms with Crippen molar-refractivity contribution in [1.29, 1.82) is 0 Å². The van der Waals surface area contributed by atoms with Gasteiger partial charge in [0.2, 0.25) is 0 Å². The molecule has 2 amide bonds. The lowest BCUT2D eigenvalue weighted by molar-refractivity contribution is -0.136. The molecule has 0 radical (unpaired) electrons. The predicted octanol–water partition coefficient (Wildman–Crippen LogP) is 3.48. The second-order valence-corrected chi connectivity index (χ2v) is 5.60. The summed E-state index contributed by atoms with van der Waals surface area (Å²) in [6, 6.07) is 11.6. The van der Waals surface area contributed by atoms with Crippen LogP contribution in [0.5, 0.6) is 5.75 Å². The maximum absolute atomic E-state index is 11.8. The molecule has 25 heavy (non-hydrogen) atoms. The summed E-state index contributed by atoms with van der Waals surface area (Å²) in [5.74, 6) is -1.04. The number of anilines is 1. The van der Waals surface area contributed by atoms with Gasteiger partial charge in [-0.3, -0.25) is 9.59 Å². The van der Waals surface area contributed by atoms with Crippen LogP contribution in [0.15, 0.2) is 47.6 Å². The number of hydrazone groups is 1. The van der Waals surface area contributed by atoms with E-state index in [0.717, 1.165) is 11.3 Å². The van der Waals surface area contributed by atoms with Gasteiger partial charge in [-0.15, -0.1) is 0 Å². The third kappa shape index (κ3) is 5.77. The number of nitrogens with one attached hydrogen (secondary N) is 2. The molecule has 0 atom stereocenters. The maximum Gasteiger partial charge on any atom is 0.329 e. The quantitative estimate of drug-likeness (QED) is 0.474. The number of halogens is 2. The third-order valence-electron chi connectivity index (χ3n) is 2.95. The standard InChI is InChI=1S/C17H15Cl2N3O3/c1-2-25-13-6-3-11(4-7-13)10-20-22-17(24)16(23)21-12-5-8-14(18)15(19)9-12/h3-10H,2H2,1H3,(H,21,23)(H,22,24)/b20-10+. The van der Waals surface area contributed by atoms with E-state index in [2.05, 4.69) is 15.8 Å². The fraction of sp³-hybridized carbons (Fsp3) is 0.118. The van der Waals surface area contributed by atoms with Crippen LogP contribution in [0.3, 0.4) is 0 Å². The first kappa shape index (κ1) is 18.8. The summed E-state index contributed by atoms with van der Waals surface area (Å²) < 4.78 is 5.32.